The minimum atomic E-state index is -1.84. The van der Waals surface area contributed by atoms with Gasteiger partial charge in [-0.05, 0) is 0 Å². The standard InChI is InChI=1S/C2H5.4CH3.2CH2.3BrH.3Sn/c1-2;;;;;;;;;;;;/h1H2,2H3;4*1H3;2*1H2;3*1H;;;/q;;;;;;;;;;3*+1/p-3. The molecule has 0 fully saturated rings. The number of rotatable bonds is 5. The van der Waals surface area contributed by atoms with E-state index in [4.69, 9.17) is 0 Å². The fourth-order valence-electron chi connectivity index (χ4n) is 1.83. The summed E-state index contributed by atoms with van der Waals surface area (Å²) in [5.74, 6) is 0. The van der Waals surface area contributed by atoms with Crippen LogP contribution in [-0.2, 0) is 0 Å². The molecule has 0 nitrogen and oxygen atoms in total. The molecule has 6 heteroatoms. The van der Waals surface area contributed by atoms with Crippen molar-refractivity contribution in [2.24, 2.45) is 0 Å². The SMILES string of the molecule is C[CH2][Sn]([CH3])([Br])[CH2][Sn]([CH3])([Br])[CH2][Sn]([CH3])([CH3])[Br]. The van der Waals surface area contributed by atoms with Gasteiger partial charge in [0.2, 0.25) is 0 Å². The predicted molar refractivity (Wildman–Crippen MR) is 87.6 cm³/mol. The summed E-state index contributed by atoms with van der Waals surface area (Å²) in [5.41, 5.74) is 0. The van der Waals surface area contributed by atoms with Gasteiger partial charge in [-0.1, -0.05) is 0 Å². The molecule has 2 atom stereocenters. The van der Waals surface area contributed by atoms with Gasteiger partial charge in [-0.25, -0.2) is 0 Å². The zero-order valence-corrected chi connectivity index (χ0v) is 23.1. The van der Waals surface area contributed by atoms with Crippen LogP contribution in [0, 0.1) is 0 Å². The molecule has 0 saturated carbocycles. The third-order valence-corrected chi connectivity index (χ3v) is 128. The third-order valence-electron chi connectivity index (χ3n) is 2.26. The average molecular weight is 713 g/mol. The van der Waals surface area contributed by atoms with Crippen LogP contribution >= 0.6 is 38.1 Å². The maximum atomic E-state index is 4.15. The van der Waals surface area contributed by atoms with E-state index in [0.29, 0.717) is 0 Å². The number of halogens is 3. The molecular weight excluding hydrogens is 692 g/mol. The first-order chi connectivity index (χ1) is 5.97. The molecule has 0 bridgehead atoms. The summed E-state index contributed by atoms with van der Waals surface area (Å²) in [6.07, 6.45) is 0. The zero-order valence-electron chi connectivity index (χ0n) is 9.76. The summed E-state index contributed by atoms with van der Waals surface area (Å²) in [5, 5.41) is 0. The van der Waals surface area contributed by atoms with Crippen molar-refractivity contribution in [3.8, 4) is 0 Å². The van der Waals surface area contributed by atoms with Gasteiger partial charge in [-0.2, -0.15) is 0 Å². The van der Waals surface area contributed by atoms with Crippen molar-refractivity contribution in [1.29, 1.82) is 0 Å². The number of hydrogen-bond acceptors (Lipinski definition) is 0. The van der Waals surface area contributed by atoms with Crippen LogP contribution < -0.4 is 0 Å². The van der Waals surface area contributed by atoms with Crippen LogP contribution in [0.2, 0.25) is 29.1 Å². The van der Waals surface area contributed by atoms with Gasteiger partial charge in [0.1, 0.15) is 0 Å². The molecule has 0 N–H and O–H groups in total. The molecular formula is C8H21Br3Sn3. The van der Waals surface area contributed by atoms with Gasteiger partial charge >= 0.3 is 123 Å². The second-order valence-electron chi connectivity index (χ2n) is 5.25. The topological polar surface area (TPSA) is 0 Å². The van der Waals surface area contributed by atoms with E-state index in [0.717, 1.165) is 0 Å². The van der Waals surface area contributed by atoms with Crippen molar-refractivity contribution in [3.63, 3.8) is 0 Å². The van der Waals surface area contributed by atoms with E-state index in [9.17, 15) is 0 Å². The molecule has 0 aliphatic carbocycles. The monoisotopic (exact) mass is 714 g/mol. The first kappa shape index (κ1) is 17.8. The van der Waals surface area contributed by atoms with Gasteiger partial charge in [0.25, 0.3) is 0 Å². The predicted octanol–water partition coefficient (Wildman–Crippen LogP) is 5.63. The van der Waals surface area contributed by atoms with E-state index in [1.54, 1.807) is 4.91 Å². The van der Waals surface area contributed by atoms with Gasteiger partial charge in [0.05, 0.1) is 0 Å². The van der Waals surface area contributed by atoms with Crippen molar-refractivity contribution in [1.82, 2.24) is 0 Å². The van der Waals surface area contributed by atoms with Gasteiger partial charge in [0.15, 0.2) is 0 Å². The normalized spacial score (nSPS) is 21.4. The molecule has 0 radical (unpaired) electrons. The molecule has 0 aromatic carbocycles. The zero-order chi connectivity index (χ0) is 11.6. The van der Waals surface area contributed by atoms with Gasteiger partial charge < -0.3 is 0 Å². The Kier molecular flexibility index (Phi) is 8.72. The average Bonchev–Trinajstić information content (AvgIpc) is 1.78. The van der Waals surface area contributed by atoms with Crippen molar-refractivity contribution >= 4 is 86.6 Å². The summed E-state index contributed by atoms with van der Waals surface area (Å²) in [7, 11) is 0. The van der Waals surface area contributed by atoms with Crippen LogP contribution in [0.15, 0.2) is 0 Å². The molecule has 0 amide bonds. The molecule has 14 heavy (non-hydrogen) atoms. The Morgan fingerprint density at radius 3 is 1.50 bits per heavy atom. The Balaban J connectivity index is 4.35. The first-order valence-corrected chi connectivity index (χ1v) is 45.7. The van der Waals surface area contributed by atoms with Crippen LogP contribution in [0.5, 0.6) is 0 Å². The quantitative estimate of drug-likeness (QED) is 0.325. The summed E-state index contributed by atoms with van der Waals surface area (Å²) in [6.45, 7) is 2.36. The van der Waals surface area contributed by atoms with Crippen LogP contribution in [0.1, 0.15) is 6.92 Å². The van der Waals surface area contributed by atoms with Gasteiger partial charge in [0, 0.05) is 0 Å². The van der Waals surface area contributed by atoms with Crippen molar-refractivity contribution in [2.75, 3.05) is 0 Å². The molecule has 0 saturated heterocycles. The molecule has 0 rings (SSSR count). The Hall–Kier alpha value is 3.84. The number of hydrogen-bond donors (Lipinski definition) is 0. The van der Waals surface area contributed by atoms with E-state index in [2.05, 4.69) is 64.8 Å². The van der Waals surface area contributed by atoms with Crippen LogP contribution in [0.4, 0.5) is 0 Å². The molecule has 0 aromatic heterocycles. The van der Waals surface area contributed by atoms with Crippen molar-refractivity contribution in [3.05, 3.63) is 0 Å². The van der Waals surface area contributed by atoms with Crippen LogP contribution in [0.3, 0.4) is 0 Å². The molecule has 86 valence electrons. The third kappa shape index (κ3) is 9.82. The molecule has 0 aliphatic rings. The summed E-state index contributed by atoms with van der Waals surface area (Å²) >= 11 is 6.87. The Labute approximate surface area is 120 Å². The van der Waals surface area contributed by atoms with E-state index in [1.807, 2.05) is 0 Å². The van der Waals surface area contributed by atoms with E-state index >= 15 is 0 Å². The fraction of sp³-hybridized carbons (Fsp3) is 1.00. The Morgan fingerprint density at radius 1 is 0.786 bits per heavy atom. The second-order valence-corrected chi connectivity index (χ2v) is 88.9. The minimum absolute atomic E-state index is 1.44. The van der Waals surface area contributed by atoms with Crippen LogP contribution in [0.25, 0.3) is 0 Å². The van der Waals surface area contributed by atoms with Crippen molar-refractivity contribution < 1.29 is 0 Å². The Bertz CT molecular complexity index is 187. The summed E-state index contributed by atoms with van der Waals surface area (Å²) in [4.78, 5) is 10.1. The fourth-order valence-corrected chi connectivity index (χ4v) is 247. The first-order valence-electron chi connectivity index (χ1n) is 5.04. The van der Waals surface area contributed by atoms with E-state index in [-0.39, 0.29) is 0 Å². The molecule has 0 spiro atoms. The maximum absolute atomic E-state index is 4.15. The second kappa shape index (κ2) is 6.84. The Morgan fingerprint density at radius 2 is 1.21 bits per heavy atom. The molecule has 2 unspecified atom stereocenters. The van der Waals surface area contributed by atoms with Gasteiger partial charge in [-0.15, -0.1) is 0 Å². The molecule has 0 aliphatic heterocycles. The molecule has 0 heterocycles. The summed E-state index contributed by atoms with van der Waals surface area (Å²) < 4.78 is 4.62. The van der Waals surface area contributed by atoms with E-state index in [1.165, 1.54) is 4.44 Å². The summed E-state index contributed by atoms with van der Waals surface area (Å²) in [6, 6.07) is 0. The van der Waals surface area contributed by atoms with Crippen molar-refractivity contribution in [2.45, 2.75) is 36.0 Å². The van der Waals surface area contributed by atoms with Gasteiger partial charge in [-0.3, -0.25) is 0 Å². The van der Waals surface area contributed by atoms with Crippen LogP contribution in [-0.4, -0.2) is 48.5 Å². The molecule has 0 aromatic rings. The van der Waals surface area contributed by atoms with E-state index < -0.39 is 48.5 Å².